The van der Waals surface area contributed by atoms with Crippen LogP contribution < -0.4 is 10.1 Å². The second-order valence-corrected chi connectivity index (χ2v) is 5.14. The van der Waals surface area contributed by atoms with Crippen LogP contribution in [0.1, 0.15) is 25.7 Å². The van der Waals surface area contributed by atoms with Gasteiger partial charge in [-0.25, -0.2) is 0 Å². The Morgan fingerprint density at radius 3 is 2.05 bits per heavy atom. The van der Waals surface area contributed by atoms with Crippen LogP contribution in [0.5, 0.6) is 5.75 Å². The number of nitrogens with one attached hydrogen (secondary N) is 1. The highest BCUT2D eigenvalue weighted by Gasteiger charge is 2.41. The number of hydrogen-bond acceptors (Lipinski definition) is 2. The highest BCUT2D eigenvalue weighted by molar-refractivity contribution is 5.47. The van der Waals surface area contributed by atoms with E-state index in [0.29, 0.717) is 18.5 Å². The maximum atomic E-state index is 12.5. The summed E-state index contributed by atoms with van der Waals surface area (Å²) in [5, 5.41) is 3.12. The van der Waals surface area contributed by atoms with E-state index >= 15 is 0 Å². The standard InChI is InChI=1S/C14H16F5NO/c15-13(16)21-12-7-5-11(6-8-12)20-10-3-1-9(2-4-10)14(17,18)19/h5-10,13,20H,1-4H2. The summed E-state index contributed by atoms with van der Waals surface area (Å²) in [7, 11) is 0. The fraction of sp³-hybridized carbons (Fsp3) is 0.571. The van der Waals surface area contributed by atoms with E-state index in [-0.39, 0.29) is 24.6 Å². The number of rotatable bonds is 4. The van der Waals surface area contributed by atoms with Crippen molar-refractivity contribution in [3.63, 3.8) is 0 Å². The first-order chi connectivity index (χ1) is 9.84. The van der Waals surface area contributed by atoms with Crippen LogP contribution in [-0.4, -0.2) is 18.8 Å². The van der Waals surface area contributed by atoms with Crippen LogP contribution in [0, 0.1) is 5.92 Å². The van der Waals surface area contributed by atoms with E-state index in [9.17, 15) is 22.0 Å². The summed E-state index contributed by atoms with van der Waals surface area (Å²) in [6.45, 7) is -2.87. The SMILES string of the molecule is FC(F)Oc1ccc(NC2CCC(C(F)(F)F)CC2)cc1. The zero-order valence-corrected chi connectivity index (χ0v) is 11.2. The smallest absolute Gasteiger partial charge is 0.391 e. The van der Waals surface area contributed by atoms with Crippen molar-refractivity contribution in [3.8, 4) is 5.75 Å². The number of alkyl halides is 5. The Kier molecular flexibility index (Phi) is 4.90. The second kappa shape index (κ2) is 6.49. The molecule has 1 saturated carbocycles. The second-order valence-electron chi connectivity index (χ2n) is 5.14. The van der Waals surface area contributed by atoms with Crippen LogP contribution in [0.25, 0.3) is 0 Å². The van der Waals surface area contributed by atoms with E-state index in [1.165, 1.54) is 12.1 Å². The summed E-state index contributed by atoms with van der Waals surface area (Å²) in [6, 6.07) is 5.93. The molecular weight excluding hydrogens is 293 g/mol. The summed E-state index contributed by atoms with van der Waals surface area (Å²) >= 11 is 0. The normalized spacial score (nSPS) is 23.1. The topological polar surface area (TPSA) is 21.3 Å². The molecule has 21 heavy (non-hydrogen) atoms. The van der Waals surface area contributed by atoms with Crippen molar-refractivity contribution in [3.05, 3.63) is 24.3 Å². The van der Waals surface area contributed by atoms with E-state index in [1.54, 1.807) is 12.1 Å². The Hall–Kier alpha value is -1.53. The van der Waals surface area contributed by atoms with Crippen molar-refractivity contribution in [1.29, 1.82) is 0 Å². The minimum atomic E-state index is -4.11. The molecule has 1 fully saturated rings. The molecule has 2 nitrogen and oxygen atoms in total. The first-order valence-electron chi connectivity index (χ1n) is 6.72. The zero-order chi connectivity index (χ0) is 15.5. The average Bonchev–Trinajstić information content (AvgIpc) is 2.40. The van der Waals surface area contributed by atoms with Crippen molar-refractivity contribution in [2.24, 2.45) is 5.92 Å². The third-order valence-electron chi connectivity index (χ3n) is 3.64. The Morgan fingerprint density at radius 2 is 1.57 bits per heavy atom. The molecule has 1 aromatic rings. The van der Waals surface area contributed by atoms with E-state index in [1.807, 2.05) is 0 Å². The third-order valence-corrected chi connectivity index (χ3v) is 3.64. The van der Waals surface area contributed by atoms with E-state index in [2.05, 4.69) is 10.1 Å². The minimum absolute atomic E-state index is 0.0227. The molecule has 0 aromatic heterocycles. The lowest BCUT2D eigenvalue weighted by molar-refractivity contribution is -0.182. The molecule has 1 aromatic carbocycles. The van der Waals surface area contributed by atoms with Gasteiger partial charge in [0.05, 0.1) is 5.92 Å². The molecular formula is C14H16F5NO. The van der Waals surface area contributed by atoms with Gasteiger partial charge in [0.25, 0.3) is 0 Å². The highest BCUT2D eigenvalue weighted by atomic mass is 19.4. The van der Waals surface area contributed by atoms with Gasteiger partial charge in [-0.15, -0.1) is 0 Å². The minimum Gasteiger partial charge on any atom is -0.435 e. The van der Waals surface area contributed by atoms with Gasteiger partial charge in [0.1, 0.15) is 5.75 Å². The molecule has 0 saturated heterocycles. The number of ether oxygens (including phenoxy) is 1. The Bertz CT molecular complexity index is 438. The number of anilines is 1. The van der Waals surface area contributed by atoms with Gasteiger partial charge in [-0.2, -0.15) is 22.0 Å². The monoisotopic (exact) mass is 309 g/mol. The van der Waals surface area contributed by atoms with Crippen molar-refractivity contribution < 1.29 is 26.7 Å². The first-order valence-corrected chi connectivity index (χ1v) is 6.72. The van der Waals surface area contributed by atoms with Crippen molar-refractivity contribution in [2.75, 3.05) is 5.32 Å². The van der Waals surface area contributed by atoms with Crippen molar-refractivity contribution in [1.82, 2.24) is 0 Å². The molecule has 0 radical (unpaired) electrons. The van der Waals surface area contributed by atoms with Gasteiger partial charge < -0.3 is 10.1 Å². The lowest BCUT2D eigenvalue weighted by Crippen LogP contribution is -2.32. The van der Waals surface area contributed by atoms with Crippen molar-refractivity contribution >= 4 is 5.69 Å². The first kappa shape index (κ1) is 15.9. The van der Waals surface area contributed by atoms with Crippen LogP contribution in [-0.2, 0) is 0 Å². The molecule has 118 valence electrons. The quantitative estimate of drug-likeness (QED) is 0.805. The molecule has 1 N–H and O–H groups in total. The van der Waals surface area contributed by atoms with Gasteiger partial charge in [0.2, 0.25) is 0 Å². The molecule has 0 bridgehead atoms. The predicted molar refractivity (Wildman–Crippen MR) is 68.5 cm³/mol. The molecule has 2 rings (SSSR count). The zero-order valence-electron chi connectivity index (χ0n) is 11.2. The molecule has 7 heteroatoms. The van der Waals surface area contributed by atoms with E-state index in [4.69, 9.17) is 0 Å². The summed E-state index contributed by atoms with van der Waals surface area (Å²) in [6.07, 6.45) is -2.99. The Morgan fingerprint density at radius 1 is 1.00 bits per heavy atom. The molecule has 1 aliphatic carbocycles. The van der Waals surface area contributed by atoms with Gasteiger partial charge in [0.15, 0.2) is 0 Å². The summed E-state index contributed by atoms with van der Waals surface area (Å²) in [5.41, 5.74) is 0.687. The van der Waals surface area contributed by atoms with Crippen LogP contribution in [0.2, 0.25) is 0 Å². The Balaban J connectivity index is 1.83. The molecule has 0 atom stereocenters. The van der Waals surface area contributed by atoms with Gasteiger partial charge in [-0.3, -0.25) is 0 Å². The fourth-order valence-corrected chi connectivity index (χ4v) is 2.53. The summed E-state index contributed by atoms with van der Waals surface area (Å²) in [5.74, 6) is -1.16. The van der Waals surface area contributed by atoms with Crippen LogP contribution in [0.3, 0.4) is 0 Å². The summed E-state index contributed by atoms with van der Waals surface area (Å²) in [4.78, 5) is 0. The average molecular weight is 309 g/mol. The molecule has 0 unspecified atom stereocenters. The van der Waals surface area contributed by atoms with Gasteiger partial charge in [0, 0.05) is 11.7 Å². The maximum absolute atomic E-state index is 12.5. The molecule has 0 amide bonds. The lowest BCUT2D eigenvalue weighted by Gasteiger charge is -2.30. The van der Waals surface area contributed by atoms with Crippen molar-refractivity contribution in [2.45, 2.75) is 44.5 Å². The fourth-order valence-electron chi connectivity index (χ4n) is 2.53. The predicted octanol–water partition coefficient (Wildman–Crippen LogP) is 4.82. The van der Waals surface area contributed by atoms with Crippen LogP contribution in [0.4, 0.5) is 27.6 Å². The molecule has 1 aliphatic rings. The molecule has 0 spiro atoms. The van der Waals surface area contributed by atoms with Crippen LogP contribution >= 0.6 is 0 Å². The number of benzene rings is 1. The van der Waals surface area contributed by atoms with E-state index < -0.39 is 18.7 Å². The lowest BCUT2D eigenvalue weighted by atomic mass is 9.85. The third kappa shape index (κ3) is 4.75. The molecule has 0 aliphatic heterocycles. The molecule has 0 heterocycles. The van der Waals surface area contributed by atoms with Gasteiger partial charge >= 0.3 is 12.8 Å². The number of halogens is 5. The van der Waals surface area contributed by atoms with Gasteiger partial charge in [-0.05, 0) is 49.9 Å². The van der Waals surface area contributed by atoms with E-state index in [0.717, 1.165) is 0 Å². The summed E-state index contributed by atoms with van der Waals surface area (Å²) < 4.78 is 65.9. The van der Waals surface area contributed by atoms with Gasteiger partial charge in [-0.1, -0.05) is 0 Å². The highest BCUT2D eigenvalue weighted by Crippen LogP contribution is 2.38. The number of hydrogen-bond donors (Lipinski definition) is 1. The van der Waals surface area contributed by atoms with Crippen LogP contribution in [0.15, 0.2) is 24.3 Å². The Labute approximate surface area is 119 Å². The maximum Gasteiger partial charge on any atom is 0.391 e. The largest absolute Gasteiger partial charge is 0.435 e.